The lowest BCUT2D eigenvalue weighted by atomic mass is 9.97. The number of pyridine rings is 1. The van der Waals surface area contributed by atoms with Gasteiger partial charge in [-0.25, -0.2) is 4.98 Å². The molecule has 0 aliphatic carbocycles. The summed E-state index contributed by atoms with van der Waals surface area (Å²) in [6.45, 7) is 2.58. The maximum absolute atomic E-state index is 11.7. The fraction of sp³-hybridized carbons (Fsp3) is 0.263. The molecule has 2 heterocycles. The highest BCUT2D eigenvalue weighted by Gasteiger charge is 2.31. The lowest BCUT2D eigenvalue weighted by Crippen LogP contribution is -2.41. The fourth-order valence-electron chi connectivity index (χ4n) is 2.99. The molecule has 1 N–H and O–H groups in total. The van der Waals surface area contributed by atoms with E-state index in [0.717, 1.165) is 34.5 Å². The maximum atomic E-state index is 11.7. The number of rotatable bonds is 6. The molecule has 0 saturated heterocycles. The number of benzene rings is 1. The Morgan fingerprint density at radius 1 is 1.25 bits per heavy atom. The molecule has 5 heteroatoms. The third-order valence-electron chi connectivity index (χ3n) is 4.13. The summed E-state index contributed by atoms with van der Waals surface area (Å²) in [4.78, 5) is 16.1. The Balaban J connectivity index is 1.83. The monoisotopic (exact) mass is 323 g/mol. The van der Waals surface area contributed by atoms with Gasteiger partial charge in [-0.05, 0) is 42.2 Å². The van der Waals surface area contributed by atoms with Crippen molar-refractivity contribution >= 4 is 12.1 Å². The maximum Gasteiger partial charge on any atom is 0.148 e. The number of carbonyl (C=O) groups excluding carboxylic acids is 1. The van der Waals surface area contributed by atoms with Crippen molar-refractivity contribution in [1.29, 1.82) is 0 Å². The Kier molecular flexibility index (Phi) is 4.91. The number of nitrogens with one attached hydrogen (secondary N) is 1. The van der Waals surface area contributed by atoms with E-state index in [-0.39, 0.29) is 6.04 Å². The highest BCUT2D eigenvalue weighted by Crippen LogP contribution is 2.27. The number of methoxy groups -OCH3 is 1. The number of aldehydes is 1. The molecule has 0 radical (unpaired) electrons. The first-order valence-electron chi connectivity index (χ1n) is 7.91. The van der Waals surface area contributed by atoms with Crippen molar-refractivity contribution in [3.63, 3.8) is 0 Å². The van der Waals surface area contributed by atoms with Crippen LogP contribution in [0, 0.1) is 0 Å². The van der Waals surface area contributed by atoms with E-state index in [1.165, 1.54) is 0 Å². The normalized spacial score (nSPS) is 17.1. The van der Waals surface area contributed by atoms with Crippen LogP contribution in [0.3, 0.4) is 0 Å². The Labute approximate surface area is 141 Å². The summed E-state index contributed by atoms with van der Waals surface area (Å²) in [6.07, 6.45) is 3.40. The van der Waals surface area contributed by atoms with E-state index in [1.807, 2.05) is 42.3 Å². The van der Waals surface area contributed by atoms with E-state index < -0.39 is 0 Å². The topological polar surface area (TPSA) is 54.5 Å². The highest BCUT2D eigenvalue weighted by molar-refractivity contribution is 5.72. The second-order valence-electron chi connectivity index (χ2n) is 5.83. The molecule has 5 nitrogen and oxygen atoms in total. The van der Waals surface area contributed by atoms with Crippen LogP contribution in [0.5, 0.6) is 0 Å². The summed E-state index contributed by atoms with van der Waals surface area (Å²) < 4.78 is 5.19. The van der Waals surface area contributed by atoms with Gasteiger partial charge < -0.3 is 15.0 Å². The van der Waals surface area contributed by atoms with Gasteiger partial charge in [0.25, 0.3) is 0 Å². The molecule has 0 fully saturated rings. The first-order chi connectivity index (χ1) is 11.7. The summed E-state index contributed by atoms with van der Waals surface area (Å²) in [5, 5.41) is 1.82. The number of nitrogens with zero attached hydrogens (tertiary/aromatic N) is 2. The van der Waals surface area contributed by atoms with E-state index in [9.17, 15) is 4.79 Å². The van der Waals surface area contributed by atoms with Crippen LogP contribution >= 0.6 is 0 Å². The first kappa shape index (κ1) is 16.2. The molecule has 0 spiro atoms. The van der Waals surface area contributed by atoms with Gasteiger partial charge in [-0.3, -0.25) is 5.01 Å². The second-order valence-corrected chi connectivity index (χ2v) is 5.83. The summed E-state index contributed by atoms with van der Waals surface area (Å²) in [7, 11) is 1.69. The van der Waals surface area contributed by atoms with E-state index in [0.29, 0.717) is 13.0 Å². The number of anilines is 1. The van der Waals surface area contributed by atoms with Crippen LogP contribution in [0.4, 0.5) is 5.82 Å². The number of hydrogen-bond acceptors (Lipinski definition) is 5. The molecule has 1 aromatic heterocycles. The molecule has 1 aliphatic heterocycles. The lowest BCUT2D eigenvalue weighted by molar-refractivity contribution is -0.108. The largest absolute Gasteiger partial charge is 0.380 e. The Morgan fingerprint density at radius 3 is 2.79 bits per heavy atom. The van der Waals surface area contributed by atoms with Crippen LogP contribution in [0.15, 0.2) is 59.9 Å². The number of ether oxygens (including phenoxy) is 1. The average molecular weight is 323 g/mol. The van der Waals surface area contributed by atoms with Gasteiger partial charge in [0.1, 0.15) is 18.1 Å². The quantitative estimate of drug-likeness (QED) is 0.828. The Morgan fingerprint density at radius 2 is 2.08 bits per heavy atom. The van der Waals surface area contributed by atoms with Crippen LogP contribution in [-0.4, -0.2) is 24.4 Å². The second kappa shape index (κ2) is 7.27. The molecular formula is C19H21N3O2. The highest BCUT2D eigenvalue weighted by atomic mass is 16.5. The van der Waals surface area contributed by atoms with Gasteiger partial charge in [0.15, 0.2) is 0 Å². The molecule has 3 rings (SSSR count). The fourth-order valence-corrected chi connectivity index (χ4v) is 2.99. The predicted octanol–water partition coefficient (Wildman–Crippen LogP) is 2.64. The van der Waals surface area contributed by atoms with Crippen molar-refractivity contribution in [1.82, 2.24) is 10.4 Å². The summed E-state index contributed by atoms with van der Waals surface area (Å²) in [6, 6.07) is 13.6. The lowest BCUT2D eigenvalue weighted by Gasteiger charge is -2.23. The van der Waals surface area contributed by atoms with Crippen molar-refractivity contribution in [3.8, 4) is 0 Å². The van der Waals surface area contributed by atoms with E-state index >= 15 is 0 Å². The van der Waals surface area contributed by atoms with Crippen molar-refractivity contribution < 1.29 is 9.53 Å². The number of allylic oxidation sites excluding steroid dienone is 1. The molecule has 1 aromatic carbocycles. The minimum Gasteiger partial charge on any atom is -0.380 e. The molecule has 124 valence electrons. The van der Waals surface area contributed by atoms with Crippen molar-refractivity contribution in [2.75, 3.05) is 12.1 Å². The molecule has 1 aliphatic rings. The van der Waals surface area contributed by atoms with Crippen molar-refractivity contribution in [3.05, 3.63) is 71.1 Å². The van der Waals surface area contributed by atoms with Gasteiger partial charge in [0, 0.05) is 19.0 Å². The van der Waals surface area contributed by atoms with E-state index in [2.05, 4.69) is 22.5 Å². The predicted molar refractivity (Wildman–Crippen MR) is 93.3 cm³/mol. The zero-order valence-electron chi connectivity index (χ0n) is 13.9. The minimum absolute atomic E-state index is 0.356. The van der Waals surface area contributed by atoms with Gasteiger partial charge in [0.2, 0.25) is 0 Å². The Bertz CT molecular complexity index is 743. The van der Waals surface area contributed by atoms with Crippen LogP contribution in [0.2, 0.25) is 0 Å². The standard InChI is InChI=1S/C19H21N3O2/c1-14-17(11-15-6-5-7-16(10-15)13-24-2)18(12-23)22(21-14)19-8-3-4-9-20-19/h3-10,12,18,21H,11,13H2,1-2H3. The molecule has 1 atom stereocenters. The number of hydrogen-bond donors (Lipinski definition) is 1. The smallest absolute Gasteiger partial charge is 0.148 e. The van der Waals surface area contributed by atoms with Crippen LogP contribution in [0.1, 0.15) is 18.1 Å². The zero-order chi connectivity index (χ0) is 16.9. The summed E-state index contributed by atoms with van der Waals surface area (Å²) in [5.41, 5.74) is 7.62. The van der Waals surface area contributed by atoms with Crippen LogP contribution < -0.4 is 10.4 Å². The number of hydrazine groups is 1. The zero-order valence-corrected chi connectivity index (χ0v) is 13.9. The molecule has 2 aromatic rings. The van der Waals surface area contributed by atoms with Crippen molar-refractivity contribution in [2.45, 2.75) is 26.0 Å². The van der Waals surface area contributed by atoms with Gasteiger partial charge in [-0.2, -0.15) is 0 Å². The molecule has 24 heavy (non-hydrogen) atoms. The van der Waals surface area contributed by atoms with E-state index in [1.54, 1.807) is 13.3 Å². The molecule has 1 unspecified atom stereocenters. The third-order valence-corrected chi connectivity index (χ3v) is 4.13. The Hall–Kier alpha value is -2.66. The van der Waals surface area contributed by atoms with Gasteiger partial charge >= 0.3 is 0 Å². The van der Waals surface area contributed by atoms with Crippen LogP contribution in [-0.2, 0) is 22.6 Å². The molecule has 0 saturated carbocycles. The van der Waals surface area contributed by atoms with Crippen molar-refractivity contribution in [2.24, 2.45) is 0 Å². The molecule has 0 bridgehead atoms. The van der Waals surface area contributed by atoms with Gasteiger partial charge in [-0.1, -0.05) is 30.3 Å². The summed E-state index contributed by atoms with van der Waals surface area (Å²) in [5.74, 6) is 0.733. The molecular weight excluding hydrogens is 302 g/mol. The third kappa shape index (κ3) is 3.31. The number of carbonyl (C=O) groups is 1. The van der Waals surface area contributed by atoms with E-state index in [4.69, 9.17) is 4.74 Å². The molecule has 0 amide bonds. The first-order valence-corrected chi connectivity index (χ1v) is 7.91. The van der Waals surface area contributed by atoms with Gasteiger partial charge in [-0.15, -0.1) is 0 Å². The average Bonchev–Trinajstić information content (AvgIpc) is 2.92. The van der Waals surface area contributed by atoms with Gasteiger partial charge in [0.05, 0.1) is 6.61 Å². The minimum atomic E-state index is -0.356. The van der Waals surface area contributed by atoms with Crippen LogP contribution in [0.25, 0.3) is 0 Å². The number of aromatic nitrogens is 1. The SMILES string of the molecule is COCc1cccc(CC2=C(C)NN(c3ccccn3)C2C=O)c1. The summed E-state index contributed by atoms with van der Waals surface area (Å²) >= 11 is 0.